The van der Waals surface area contributed by atoms with Gasteiger partial charge in [0.25, 0.3) is 0 Å². The number of thioether (sulfide) groups is 1. The lowest BCUT2D eigenvalue weighted by atomic mass is 9.66. The van der Waals surface area contributed by atoms with E-state index in [1.165, 1.54) is 0 Å². The number of rotatable bonds is 10. The van der Waals surface area contributed by atoms with Crippen LogP contribution in [-0.2, 0) is 14.4 Å². The second-order valence-electron chi connectivity index (χ2n) is 10.7. The van der Waals surface area contributed by atoms with Gasteiger partial charge in [0, 0.05) is 23.6 Å². The van der Waals surface area contributed by atoms with Crippen molar-refractivity contribution in [2.45, 2.75) is 61.0 Å². The summed E-state index contributed by atoms with van der Waals surface area (Å²) in [5.74, 6) is -1.65. The third-order valence-electron chi connectivity index (χ3n) is 8.29. The predicted octanol–water partition coefficient (Wildman–Crippen LogP) is 4.95. The van der Waals surface area contributed by atoms with Crippen LogP contribution in [0.4, 0.5) is 11.4 Å². The van der Waals surface area contributed by atoms with E-state index in [0.29, 0.717) is 35.8 Å². The summed E-state index contributed by atoms with van der Waals surface area (Å²) in [5, 5.41) is 15.6. The van der Waals surface area contributed by atoms with Gasteiger partial charge in [-0.3, -0.25) is 14.4 Å². The summed E-state index contributed by atoms with van der Waals surface area (Å²) < 4.78 is -1.11. The summed E-state index contributed by atoms with van der Waals surface area (Å²) in [6.45, 7) is 2.65. The molecule has 3 amide bonds. The standard InChI is InChI=1S/C29H34ClN3O4S/c1-28-15-16-29(38-28)23(22(28)25(35)31-19-11-5-4-6-12-19)27(37)33(17-9-2-3-10-18-34)24(29)26(36)32-21-14-8-7-13-20(21)30/h4-8,11-14,22-24,34H,2-3,9-10,15-18H2,1H3,(H,31,35)(H,32,36)/t22-,23-,24?,28+,29?/m0/s1. The number of fused-ring (bicyclic) bond motifs is 1. The van der Waals surface area contributed by atoms with Gasteiger partial charge in [-0.15, -0.1) is 11.8 Å². The van der Waals surface area contributed by atoms with Crippen molar-refractivity contribution >= 4 is 52.5 Å². The van der Waals surface area contributed by atoms with E-state index >= 15 is 0 Å². The number of unbranched alkanes of at least 4 members (excludes halogenated alkanes) is 3. The number of likely N-dealkylation sites (tertiary alicyclic amines) is 1. The number of nitrogens with zero attached hydrogens (tertiary/aromatic N) is 1. The normalized spacial score (nSPS) is 29.4. The van der Waals surface area contributed by atoms with Crippen LogP contribution in [-0.4, -0.2) is 56.4 Å². The average molecular weight is 556 g/mol. The Morgan fingerprint density at radius 3 is 2.45 bits per heavy atom. The number of aliphatic hydroxyl groups excluding tert-OH is 1. The molecule has 7 nitrogen and oxygen atoms in total. The number of halogens is 1. The molecule has 3 heterocycles. The smallest absolute Gasteiger partial charge is 0.248 e. The second-order valence-corrected chi connectivity index (χ2v) is 13.0. The lowest BCUT2D eigenvalue weighted by molar-refractivity contribution is -0.139. The topological polar surface area (TPSA) is 98.7 Å². The Kier molecular flexibility index (Phi) is 7.76. The molecule has 38 heavy (non-hydrogen) atoms. The minimum Gasteiger partial charge on any atom is -0.396 e. The zero-order valence-corrected chi connectivity index (χ0v) is 23.1. The van der Waals surface area contributed by atoms with Crippen LogP contribution in [0.3, 0.4) is 0 Å². The first kappa shape index (κ1) is 27.0. The Balaban J connectivity index is 1.46. The van der Waals surface area contributed by atoms with Crippen LogP contribution in [0.15, 0.2) is 54.6 Å². The van der Waals surface area contributed by atoms with Crippen molar-refractivity contribution in [1.29, 1.82) is 0 Å². The molecular weight excluding hydrogens is 522 g/mol. The summed E-state index contributed by atoms with van der Waals surface area (Å²) in [5.41, 5.74) is 1.21. The first-order chi connectivity index (χ1) is 18.3. The highest BCUT2D eigenvalue weighted by Gasteiger charge is 2.77. The number of benzene rings is 2. The van der Waals surface area contributed by atoms with Crippen LogP contribution >= 0.6 is 23.4 Å². The van der Waals surface area contributed by atoms with Crippen molar-refractivity contribution in [3.05, 3.63) is 59.6 Å². The van der Waals surface area contributed by atoms with Crippen LogP contribution in [0.2, 0.25) is 5.02 Å². The highest BCUT2D eigenvalue weighted by molar-refractivity contribution is 8.02. The zero-order valence-electron chi connectivity index (χ0n) is 21.5. The molecule has 0 aliphatic carbocycles. The largest absolute Gasteiger partial charge is 0.396 e. The van der Waals surface area contributed by atoms with Crippen molar-refractivity contribution in [2.75, 3.05) is 23.8 Å². The Hall–Kier alpha value is -2.55. The number of hydrogen-bond acceptors (Lipinski definition) is 5. The lowest BCUT2D eigenvalue weighted by Gasteiger charge is -2.35. The number of carbonyl (C=O) groups is 3. The maximum Gasteiger partial charge on any atom is 0.248 e. The maximum atomic E-state index is 14.1. The lowest BCUT2D eigenvalue weighted by Crippen LogP contribution is -2.51. The molecule has 3 aliphatic rings. The molecule has 5 rings (SSSR count). The number of anilines is 2. The summed E-state index contributed by atoms with van der Waals surface area (Å²) in [6, 6.07) is 15.7. The maximum absolute atomic E-state index is 14.1. The third kappa shape index (κ3) is 4.71. The molecule has 3 saturated heterocycles. The van der Waals surface area contributed by atoms with Crippen LogP contribution in [0.1, 0.15) is 45.4 Å². The summed E-state index contributed by atoms with van der Waals surface area (Å²) in [6.07, 6.45) is 4.61. The number of para-hydroxylation sites is 2. The fourth-order valence-electron chi connectivity index (χ4n) is 6.62. The molecular formula is C29H34ClN3O4S. The molecule has 2 aromatic rings. The Labute approximate surface area is 232 Å². The van der Waals surface area contributed by atoms with Crippen molar-refractivity contribution in [1.82, 2.24) is 4.90 Å². The van der Waals surface area contributed by atoms with Crippen molar-refractivity contribution in [3.8, 4) is 0 Å². The number of hydrogen-bond donors (Lipinski definition) is 3. The fourth-order valence-corrected chi connectivity index (χ4v) is 9.16. The van der Waals surface area contributed by atoms with Crippen molar-refractivity contribution in [3.63, 3.8) is 0 Å². The zero-order chi connectivity index (χ0) is 26.9. The predicted molar refractivity (Wildman–Crippen MR) is 151 cm³/mol. The minimum atomic E-state index is -0.699. The van der Waals surface area contributed by atoms with E-state index in [-0.39, 0.29) is 24.3 Å². The fraction of sp³-hybridized carbons (Fsp3) is 0.483. The minimum absolute atomic E-state index is 0.115. The molecule has 0 radical (unpaired) electrons. The van der Waals surface area contributed by atoms with E-state index in [9.17, 15) is 14.4 Å². The van der Waals surface area contributed by atoms with Crippen LogP contribution < -0.4 is 10.6 Å². The van der Waals surface area contributed by atoms with Gasteiger partial charge in [-0.2, -0.15) is 0 Å². The van der Waals surface area contributed by atoms with Gasteiger partial charge in [-0.1, -0.05) is 54.8 Å². The number of amides is 3. The molecule has 2 aromatic carbocycles. The molecule has 5 atom stereocenters. The van der Waals surface area contributed by atoms with Crippen LogP contribution in [0.25, 0.3) is 0 Å². The quantitative estimate of drug-likeness (QED) is 0.360. The van der Waals surface area contributed by atoms with Gasteiger partial charge in [-0.25, -0.2) is 0 Å². The van der Waals surface area contributed by atoms with Crippen molar-refractivity contribution in [2.24, 2.45) is 11.8 Å². The van der Waals surface area contributed by atoms with E-state index in [1.807, 2.05) is 36.4 Å². The molecule has 1 spiro atoms. The summed E-state index contributed by atoms with van der Waals surface area (Å²) in [4.78, 5) is 43.5. The third-order valence-corrected chi connectivity index (χ3v) is 10.6. The number of aliphatic hydroxyl groups is 1. The molecule has 3 N–H and O–H groups in total. The van der Waals surface area contributed by atoms with E-state index < -0.39 is 27.4 Å². The molecule has 2 unspecified atom stereocenters. The highest BCUT2D eigenvalue weighted by Crippen LogP contribution is 2.71. The van der Waals surface area contributed by atoms with Crippen LogP contribution in [0.5, 0.6) is 0 Å². The molecule has 2 bridgehead atoms. The molecule has 0 aromatic heterocycles. The monoisotopic (exact) mass is 555 g/mol. The summed E-state index contributed by atoms with van der Waals surface area (Å²) in [7, 11) is 0. The van der Waals surface area contributed by atoms with E-state index in [2.05, 4.69) is 17.6 Å². The second kappa shape index (κ2) is 10.9. The van der Waals surface area contributed by atoms with E-state index in [4.69, 9.17) is 16.7 Å². The molecule has 3 aliphatic heterocycles. The average Bonchev–Trinajstić information content (AvgIpc) is 3.46. The highest BCUT2D eigenvalue weighted by atomic mass is 35.5. The summed E-state index contributed by atoms with van der Waals surface area (Å²) >= 11 is 8.00. The molecule has 0 saturated carbocycles. The van der Waals surface area contributed by atoms with Gasteiger partial charge in [0.15, 0.2) is 0 Å². The molecule has 202 valence electrons. The SMILES string of the molecule is C[C@]12CCC3(S1)C(C(=O)Nc1ccccc1Cl)N(CCCCCCO)C(=O)[C@@H]3[C@H]2C(=O)Nc1ccccc1. The first-order valence-corrected chi connectivity index (χ1v) is 14.5. The van der Waals surface area contributed by atoms with Gasteiger partial charge in [0.1, 0.15) is 6.04 Å². The van der Waals surface area contributed by atoms with Gasteiger partial charge in [0.2, 0.25) is 17.7 Å². The Bertz CT molecular complexity index is 1210. The van der Waals surface area contributed by atoms with Gasteiger partial charge < -0.3 is 20.6 Å². The number of carbonyl (C=O) groups excluding carboxylic acids is 3. The first-order valence-electron chi connectivity index (χ1n) is 13.3. The Morgan fingerprint density at radius 1 is 1.00 bits per heavy atom. The van der Waals surface area contributed by atoms with E-state index in [0.717, 1.165) is 25.7 Å². The Morgan fingerprint density at radius 2 is 1.71 bits per heavy atom. The molecule has 3 fully saturated rings. The van der Waals surface area contributed by atoms with Crippen molar-refractivity contribution < 1.29 is 19.5 Å². The van der Waals surface area contributed by atoms with E-state index in [1.54, 1.807) is 34.9 Å². The van der Waals surface area contributed by atoms with Gasteiger partial charge in [-0.05, 0) is 56.9 Å². The molecule has 9 heteroatoms. The van der Waals surface area contributed by atoms with Crippen LogP contribution in [0, 0.1) is 11.8 Å². The van der Waals surface area contributed by atoms with Gasteiger partial charge in [0.05, 0.1) is 27.3 Å². The number of nitrogens with one attached hydrogen (secondary N) is 2. The van der Waals surface area contributed by atoms with Gasteiger partial charge >= 0.3 is 0 Å².